The van der Waals surface area contributed by atoms with Gasteiger partial charge in [-0.3, -0.25) is 10.9 Å². The van der Waals surface area contributed by atoms with Gasteiger partial charge in [0.05, 0.1) is 0 Å². The summed E-state index contributed by atoms with van der Waals surface area (Å²) in [6.45, 7) is 6.63. The van der Waals surface area contributed by atoms with Crippen LogP contribution >= 0.6 is 0 Å². The van der Waals surface area contributed by atoms with Crippen molar-refractivity contribution in [3.05, 3.63) is 48.6 Å². The number of likely N-dealkylation sites (N-methyl/N-ethyl adjacent to an activating group) is 1. The first-order chi connectivity index (χ1) is 21.7. The van der Waals surface area contributed by atoms with E-state index < -0.39 is 0 Å². The minimum Gasteiger partial charge on any atom is -0.308 e. The molecule has 3 heteroatoms. The highest BCUT2D eigenvalue weighted by Gasteiger charge is 2.08. The van der Waals surface area contributed by atoms with Crippen LogP contribution in [0.1, 0.15) is 181 Å². The smallest absolute Gasteiger partial charge is 0.0228 e. The summed E-state index contributed by atoms with van der Waals surface area (Å²) in [6.07, 6.45) is 53.4. The molecule has 2 N–H and O–H groups in total. The highest BCUT2D eigenvalue weighted by molar-refractivity contribution is 4.93. The normalized spacial score (nSPS) is 12.6. The number of unbranched alkanes of at least 4 members (excludes halogenated alkanes) is 18. The van der Waals surface area contributed by atoms with E-state index in [1.807, 2.05) is 0 Å². The molecular weight excluding hydrogens is 534 g/mol. The molecule has 0 aromatic carbocycles. The average molecular weight is 614 g/mol. The molecule has 0 aliphatic carbocycles. The fraction of sp³-hybridized carbons (Fsp3) is 0.805. The van der Waals surface area contributed by atoms with Crippen LogP contribution in [-0.4, -0.2) is 38.1 Å². The van der Waals surface area contributed by atoms with E-state index in [1.165, 1.54) is 154 Å². The predicted octanol–water partition coefficient (Wildman–Crippen LogP) is 12.4. The van der Waals surface area contributed by atoms with E-state index in [2.05, 4.69) is 92.3 Å². The second kappa shape index (κ2) is 38.0. The van der Waals surface area contributed by atoms with Crippen molar-refractivity contribution in [2.24, 2.45) is 0 Å². The Kier molecular flexibility index (Phi) is 37.0. The van der Waals surface area contributed by atoms with Gasteiger partial charge in [-0.25, -0.2) is 0 Å². The maximum atomic E-state index is 3.68. The largest absolute Gasteiger partial charge is 0.308 e. The van der Waals surface area contributed by atoms with E-state index in [1.54, 1.807) is 0 Å². The van der Waals surface area contributed by atoms with Gasteiger partial charge in [0, 0.05) is 19.1 Å². The van der Waals surface area contributed by atoms with Gasteiger partial charge in [-0.05, 0) is 91.1 Å². The molecule has 0 aliphatic heterocycles. The Morgan fingerprint density at radius 2 is 0.818 bits per heavy atom. The maximum Gasteiger partial charge on any atom is 0.0228 e. The summed E-state index contributed by atoms with van der Waals surface area (Å²) in [5.41, 5.74) is 7.19. The zero-order valence-corrected chi connectivity index (χ0v) is 30.4. The number of hydrogen-bond donors (Lipinski definition) is 2. The first-order valence-corrected chi connectivity index (χ1v) is 19.4. The Labute approximate surface area is 277 Å². The molecule has 0 aromatic heterocycles. The van der Waals surface area contributed by atoms with Crippen LogP contribution in [0.3, 0.4) is 0 Å². The van der Waals surface area contributed by atoms with Gasteiger partial charge in [-0.2, -0.15) is 0 Å². The number of hydrogen-bond acceptors (Lipinski definition) is 3. The molecule has 0 rings (SSSR count). The highest BCUT2D eigenvalue weighted by Crippen LogP contribution is 2.15. The van der Waals surface area contributed by atoms with E-state index in [4.69, 9.17) is 0 Å². The van der Waals surface area contributed by atoms with Crippen molar-refractivity contribution >= 4 is 0 Å². The number of hydrazine groups is 1. The maximum absolute atomic E-state index is 3.68. The van der Waals surface area contributed by atoms with Crippen LogP contribution in [0.25, 0.3) is 0 Å². The van der Waals surface area contributed by atoms with Gasteiger partial charge in [0.1, 0.15) is 0 Å². The number of rotatable bonds is 35. The Morgan fingerprint density at radius 3 is 1.20 bits per heavy atom. The predicted molar refractivity (Wildman–Crippen MR) is 201 cm³/mol. The van der Waals surface area contributed by atoms with Gasteiger partial charge >= 0.3 is 0 Å². The van der Waals surface area contributed by atoms with Crippen molar-refractivity contribution in [3.63, 3.8) is 0 Å². The van der Waals surface area contributed by atoms with E-state index in [-0.39, 0.29) is 0 Å². The van der Waals surface area contributed by atoms with Crippen LogP contribution in [0.5, 0.6) is 0 Å². The van der Waals surface area contributed by atoms with E-state index in [9.17, 15) is 0 Å². The summed E-state index contributed by atoms with van der Waals surface area (Å²) in [4.78, 5) is 2.24. The van der Waals surface area contributed by atoms with Crippen LogP contribution < -0.4 is 10.9 Å². The second-order valence-electron chi connectivity index (χ2n) is 13.3. The second-order valence-corrected chi connectivity index (χ2v) is 13.3. The molecule has 0 unspecified atom stereocenters. The van der Waals surface area contributed by atoms with E-state index >= 15 is 0 Å². The average Bonchev–Trinajstić information content (AvgIpc) is 3.02. The SMILES string of the molecule is CCCCC/C=C\C/C=C\CCCCCCCCC(CCCCCCCC/C=C\C/C=C\CCCCC)NNCCN(C)C. The molecule has 0 saturated carbocycles. The molecule has 258 valence electrons. The van der Waals surface area contributed by atoms with E-state index in [0.29, 0.717) is 6.04 Å². The van der Waals surface area contributed by atoms with Crippen molar-refractivity contribution < 1.29 is 0 Å². The zero-order valence-electron chi connectivity index (χ0n) is 30.4. The van der Waals surface area contributed by atoms with Crippen LogP contribution in [0.4, 0.5) is 0 Å². The van der Waals surface area contributed by atoms with Crippen LogP contribution in [0, 0.1) is 0 Å². The lowest BCUT2D eigenvalue weighted by Crippen LogP contribution is -2.43. The summed E-state index contributed by atoms with van der Waals surface area (Å²) in [6, 6.07) is 0.619. The summed E-state index contributed by atoms with van der Waals surface area (Å²) < 4.78 is 0. The van der Waals surface area contributed by atoms with Gasteiger partial charge in [-0.1, -0.05) is 152 Å². The van der Waals surface area contributed by atoms with Crippen molar-refractivity contribution in [1.82, 2.24) is 15.8 Å². The minimum atomic E-state index is 0.619. The number of nitrogens with one attached hydrogen (secondary N) is 2. The summed E-state index contributed by atoms with van der Waals surface area (Å²) in [5.74, 6) is 0. The Morgan fingerprint density at radius 1 is 0.455 bits per heavy atom. The molecule has 0 bridgehead atoms. The van der Waals surface area contributed by atoms with E-state index in [0.717, 1.165) is 25.9 Å². The van der Waals surface area contributed by atoms with Gasteiger partial charge in [0.25, 0.3) is 0 Å². The van der Waals surface area contributed by atoms with Gasteiger partial charge in [-0.15, -0.1) is 0 Å². The van der Waals surface area contributed by atoms with Crippen LogP contribution in [0.15, 0.2) is 48.6 Å². The Balaban J connectivity index is 3.83. The van der Waals surface area contributed by atoms with Gasteiger partial charge < -0.3 is 4.90 Å². The first-order valence-electron chi connectivity index (χ1n) is 19.4. The molecule has 0 amide bonds. The molecule has 0 heterocycles. The molecule has 44 heavy (non-hydrogen) atoms. The first kappa shape index (κ1) is 42.8. The molecule has 0 aromatic rings. The third-order valence-electron chi connectivity index (χ3n) is 8.50. The monoisotopic (exact) mass is 614 g/mol. The molecule has 0 spiro atoms. The molecule has 0 fully saturated rings. The fourth-order valence-corrected chi connectivity index (χ4v) is 5.54. The lowest BCUT2D eigenvalue weighted by atomic mass is 10.00. The number of allylic oxidation sites excluding steroid dienone is 8. The third kappa shape index (κ3) is 37.0. The van der Waals surface area contributed by atoms with Gasteiger partial charge in [0.2, 0.25) is 0 Å². The molecule has 0 saturated heterocycles. The fourth-order valence-electron chi connectivity index (χ4n) is 5.54. The molecule has 0 radical (unpaired) electrons. The van der Waals surface area contributed by atoms with Crippen LogP contribution in [0.2, 0.25) is 0 Å². The molecule has 0 atom stereocenters. The summed E-state index contributed by atoms with van der Waals surface area (Å²) in [5, 5.41) is 0. The lowest BCUT2D eigenvalue weighted by molar-refractivity contribution is 0.335. The molecular formula is C41H79N3. The Hall–Kier alpha value is -1.16. The Bertz CT molecular complexity index is 600. The molecule has 0 aliphatic rings. The van der Waals surface area contributed by atoms with Gasteiger partial charge in [0.15, 0.2) is 0 Å². The standard InChI is InChI=1S/C41H79N3/c1-5-7-9-11-13-15-17-19-21-23-25-27-29-31-33-35-37-41(43-42-39-40-44(3)4)38-36-34-32-30-28-26-24-22-20-18-16-14-12-10-8-6-2/h13-16,19-22,41-43H,5-12,17-18,23-40H2,1-4H3/b15-13-,16-14-,21-19-,22-20-. The third-order valence-corrected chi connectivity index (χ3v) is 8.50. The quantitative estimate of drug-likeness (QED) is 0.0423. The highest BCUT2D eigenvalue weighted by atomic mass is 15.4. The lowest BCUT2D eigenvalue weighted by Gasteiger charge is -2.20. The summed E-state index contributed by atoms with van der Waals surface area (Å²) in [7, 11) is 4.29. The van der Waals surface area contributed by atoms with Crippen molar-refractivity contribution in [3.8, 4) is 0 Å². The number of nitrogens with zero attached hydrogens (tertiary/aromatic N) is 1. The van der Waals surface area contributed by atoms with Crippen molar-refractivity contribution in [2.45, 2.75) is 187 Å². The minimum absolute atomic E-state index is 0.619. The molecule has 3 nitrogen and oxygen atoms in total. The topological polar surface area (TPSA) is 27.3 Å². The van der Waals surface area contributed by atoms with Crippen molar-refractivity contribution in [2.75, 3.05) is 27.2 Å². The van der Waals surface area contributed by atoms with Crippen molar-refractivity contribution in [1.29, 1.82) is 0 Å². The zero-order chi connectivity index (χ0) is 32.0. The van der Waals surface area contributed by atoms with Crippen LogP contribution in [-0.2, 0) is 0 Å². The summed E-state index contributed by atoms with van der Waals surface area (Å²) >= 11 is 0.